The number of para-hydroxylation sites is 1. The lowest BCUT2D eigenvalue weighted by molar-refractivity contribution is -0.137. The molecule has 14 heteroatoms. The number of fused-ring (bicyclic) bond motifs is 1. The predicted octanol–water partition coefficient (Wildman–Crippen LogP) is 3.83. The zero-order valence-corrected chi connectivity index (χ0v) is 15.9. The molecule has 4 aromatic rings. The fraction of sp³-hybridized carbons (Fsp3) is 0.118. The van der Waals surface area contributed by atoms with Crippen LogP contribution in [0.3, 0.4) is 0 Å². The zero-order valence-electron chi connectivity index (χ0n) is 15.1. The van der Waals surface area contributed by atoms with Gasteiger partial charge in [-0.05, 0) is 18.2 Å². The maximum absolute atomic E-state index is 13.2. The van der Waals surface area contributed by atoms with Crippen molar-refractivity contribution >= 4 is 26.6 Å². The number of aromatic nitrogens is 5. The predicted molar refractivity (Wildman–Crippen MR) is 98.2 cm³/mol. The van der Waals surface area contributed by atoms with Crippen LogP contribution < -0.4 is 4.72 Å². The summed E-state index contributed by atoms with van der Waals surface area (Å²) >= 11 is 0. The number of nitrogens with one attached hydrogen (secondary N) is 1. The van der Waals surface area contributed by atoms with Crippen molar-refractivity contribution in [3.8, 4) is 5.82 Å². The van der Waals surface area contributed by atoms with E-state index in [1.165, 1.54) is 18.2 Å². The van der Waals surface area contributed by atoms with Gasteiger partial charge in [0, 0.05) is 11.6 Å². The standard InChI is InChI=1S/C17H11F5N6O2S/c18-16(19)28-15-10(7-25-28)2-1-3-13(15)26-31(29,30)12-8-24-27(9-12)14-6-11(4-5-23-14)17(20,21)22/h1-9,16,26H. The molecule has 0 fully saturated rings. The molecule has 0 aliphatic carbocycles. The first-order valence-electron chi connectivity index (χ1n) is 8.42. The number of anilines is 1. The van der Waals surface area contributed by atoms with Crippen LogP contribution in [0.15, 0.2) is 60.0 Å². The first-order valence-corrected chi connectivity index (χ1v) is 9.90. The van der Waals surface area contributed by atoms with Gasteiger partial charge in [-0.1, -0.05) is 12.1 Å². The topological polar surface area (TPSA) is 94.7 Å². The molecule has 4 rings (SSSR count). The maximum Gasteiger partial charge on any atom is 0.416 e. The highest BCUT2D eigenvalue weighted by Crippen LogP contribution is 2.30. The number of sulfonamides is 1. The number of benzene rings is 1. The normalized spacial score (nSPS) is 12.6. The average molecular weight is 458 g/mol. The van der Waals surface area contributed by atoms with Crippen LogP contribution in [-0.2, 0) is 16.2 Å². The molecule has 0 aliphatic heterocycles. The van der Waals surface area contributed by atoms with Gasteiger partial charge in [0.2, 0.25) is 0 Å². The van der Waals surface area contributed by atoms with Crippen molar-refractivity contribution in [1.29, 1.82) is 0 Å². The summed E-state index contributed by atoms with van der Waals surface area (Å²) in [6, 6.07) is 5.68. The van der Waals surface area contributed by atoms with Gasteiger partial charge < -0.3 is 0 Å². The van der Waals surface area contributed by atoms with E-state index in [0.717, 1.165) is 35.5 Å². The summed E-state index contributed by atoms with van der Waals surface area (Å²) in [4.78, 5) is 3.35. The fourth-order valence-electron chi connectivity index (χ4n) is 2.83. The molecule has 0 radical (unpaired) electrons. The van der Waals surface area contributed by atoms with Crippen LogP contribution in [0.2, 0.25) is 0 Å². The molecule has 31 heavy (non-hydrogen) atoms. The van der Waals surface area contributed by atoms with Crippen LogP contribution in [0.4, 0.5) is 27.6 Å². The lowest BCUT2D eigenvalue weighted by Crippen LogP contribution is -2.14. The third-order valence-electron chi connectivity index (χ3n) is 4.22. The Morgan fingerprint density at radius 1 is 1.06 bits per heavy atom. The third kappa shape index (κ3) is 3.93. The van der Waals surface area contributed by atoms with Gasteiger partial charge in [0.25, 0.3) is 10.0 Å². The lowest BCUT2D eigenvalue weighted by atomic mass is 10.2. The highest BCUT2D eigenvalue weighted by Gasteiger charge is 2.31. The largest absolute Gasteiger partial charge is 0.416 e. The fourth-order valence-corrected chi connectivity index (χ4v) is 3.82. The van der Waals surface area contributed by atoms with Gasteiger partial charge in [0.1, 0.15) is 4.90 Å². The summed E-state index contributed by atoms with van der Waals surface area (Å²) in [6.07, 6.45) is -0.688. The molecule has 0 bridgehead atoms. The minimum Gasteiger partial charge on any atom is -0.277 e. The van der Waals surface area contributed by atoms with Crippen LogP contribution in [0.1, 0.15) is 12.1 Å². The van der Waals surface area contributed by atoms with E-state index in [9.17, 15) is 30.4 Å². The van der Waals surface area contributed by atoms with Crippen molar-refractivity contribution in [2.24, 2.45) is 0 Å². The Morgan fingerprint density at radius 3 is 2.55 bits per heavy atom. The summed E-state index contributed by atoms with van der Waals surface area (Å²) in [5.74, 6) is -0.255. The van der Waals surface area contributed by atoms with Crippen molar-refractivity contribution in [3.05, 3.63) is 60.7 Å². The number of hydrogen-bond acceptors (Lipinski definition) is 5. The second-order valence-corrected chi connectivity index (χ2v) is 7.92. The van der Waals surface area contributed by atoms with E-state index in [1.54, 1.807) is 0 Å². The Morgan fingerprint density at radius 2 is 1.84 bits per heavy atom. The molecule has 1 N–H and O–H groups in total. The Kier molecular flexibility index (Phi) is 4.88. The average Bonchev–Trinajstić information content (AvgIpc) is 3.36. The molecule has 1 aromatic carbocycles. The number of hydrogen-bond donors (Lipinski definition) is 1. The second kappa shape index (κ2) is 7.30. The Labute approximate surface area is 171 Å². The first kappa shape index (κ1) is 20.7. The number of alkyl halides is 5. The monoisotopic (exact) mass is 458 g/mol. The molecule has 162 valence electrons. The zero-order chi connectivity index (χ0) is 22.4. The van der Waals surface area contributed by atoms with Crippen LogP contribution in [0, 0.1) is 0 Å². The number of halogens is 5. The Bertz CT molecular complexity index is 1360. The Balaban J connectivity index is 1.69. The SMILES string of the molecule is O=S(=O)(Nc1cccc2cnn(C(F)F)c12)c1cnn(-c2cc(C(F)(F)F)ccn2)c1. The molecule has 0 saturated carbocycles. The third-order valence-corrected chi connectivity index (χ3v) is 5.54. The molecule has 0 amide bonds. The molecular weight excluding hydrogens is 447 g/mol. The van der Waals surface area contributed by atoms with Gasteiger partial charge in [0.05, 0.1) is 35.4 Å². The van der Waals surface area contributed by atoms with Crippen molar-refractivity contribution < 1.29 is 30.4 Å². The summed E-state index contributed by atoms with van der Waals surface area (Å²) in [5, 5.41) is 7.57. The molecule has 8 nitrogen and oxygen atoms in total. The molecule has 3 heterocycles. The molecule has 0 saturated heterocycles. The van der Waals surface area contributed by atoms with E-state index in [2.05, 4.69) is 19.9 Å². The lowest BCUT2D eigenvalue weighted by Gasteiger charge is -2.10. The van der Waals surface area contributed by atoms with E-state index in [1.807, 2.05) is 0 Å². The quantitative estimate of drug-likeness (QED) is 0.459. The van der Waals surface area contributed by atoms with E-state index in [4.69, 9.17) is 0 Å². The summed E-state index contributed by atoms with van der Waals surface area (Å²) in [7, 11) is -4.32. The molecule has 0 unspecified atom stereocenters. The molecule has 0 aliphatic rings. The summed E-state index contributed by atoms with van der Waals surface area (Å²) in [5.41, 5.74) is -1.27. The van der Waals surface area contributed by atoms with Crippen LogP contribution >= 0.6 is 0 Å². The first-order chi connectivity index (χ1) is 14.6. The van der Waals surface area contributed by atoms with E-state index >= 15 is 0 Å². The van der Waals surface area contributed by atoms with Gasteiger partial charge in [-0.2, -0.15) is 32.1 Å². The highest BCUT2D eigenvalue weighted by atomic mass is 32.2. The van der Waals surface area contributed by atoms with E-state index in [0.29, 0.717) is 10.7 Å². The second-order valence-electron chi connectivity index (χ2n) is 6.24. The van der Waals surface area contributed by atoms with Gasteiger partial charge in [-0.25, -0.2) is 22.8 Å². The molecule has 0 spiro atoms. The van der Waals surface area contributed by atoms with Crippen LogP contribution in [0.5, 0.6) is 0 Å². The minimum absolute atomic E-state index is 0.131. The maximum atomic E-state index is 13.2. The van der Waals surface area contributed by atoms with Gasteiger partial charge in [-0.3, -0.25) is 4.72 Å². The van der Waals surface area contributed by atoms with Crippen molar-refractivity contribution in [3.63, 3.8) is 0 Å². The summed E-state index contributed by atoms with van der Waals surface area (Å²) < 4.78 is 93.9. The van der Waals surface area contributed by atoms with E-state index < -0.39 is 33.2 Å². The number of pyridine rings is 1. The van der Waals surface area contributed by atoms with Gasteiger partial charge in [0.15, 0.2) is 5.82 Å². The van der Waals surface area contributed by atoms with Crippen molar-refractivity contribution in [2.45, 2.75) is 17.6 Å². The van der Waals surface area contributed by atoms with Crippen molar-refractivity contribution in [2.75, 3.05) is 4.72 Å². The smallest absolute Gasteiger partial charge is 0.277 e. The Hall–Kier alpha value is -3.55. The van der Waals surface area contributed by atoms with E-state index in [-0.39, 0.29) is 22.4 Å². The molecular formula is C17H11F5N6O2S. The number of rotatable bonds is 5. The van der Waals surface area contributed by atoms with Crippen molar-refractivity contribution in [1.82, 2.24) is 24.5 Å². The minimum atomic E-state index is -4.62. The van der Waals surface area contributed by atoms with Crippen LogP contribution in [0.25, 0.3) is 16.7 Å². The number of nitrogens with zero attached hydrogens (tertiary/aromatic N) is 5. The van der Waals surface area contributed by atoms with Gasteiger partial charge in [-0.15, -0.1) is 0 Å². The summed E-state index contributed by atoms with van der Waals surface area (Å²) in [6.45, 7) is -3.00. The highest BCUT2D eigenvalue weighted by molar-refractivity contribution is 7.92. The van der Waals surface area contributed by atoms with Crippen LogP contribution in [-0.4, -0.2) is 33.0 Å². The molecule has 0 atom stereocenters. The van der Waals surface area contributed by atoms with Gasteiger partial charge >= 0.3 is 12.7 Å². The molecule has 3 aromatic heterocycles.